The van der Waals surface area contributed by atoms with Crippen LogP contribution in [0.5, 0.6) is 0 Å². The average molecular weight is 295 g/mol. The van der Waals surface area contributed by atoms with Gasteiger partial charge in [-0.2, -0.15) is 16.5 Å². The summed E-state index contributed by atoms with van der Waals surface area (Å²) in [5, 5.41) is 9.21. The number of thioether (sulfide) groups is 1. The molecule has 1 rings (SSSR count). The van der Waals surface area contributed by atoms with Crippen LogP contribution in [0.2, 0.25) is 0 Å². The van der Waals surface area contributed by atoms with Crippen LogP contribution in [-0.4, -0.2) is 42.3 Å². The number of hydrogen-bond donors (Lipinski definition) is 2. The number of carboxylic acids is 1. The molecule has 0 aromatic carbocycles. The lowest BCUT2D eigenvalue weighted by Crippen LogP contribution is -2.55. The maximum Gasteiger partial charge on any atom is 0.325 e. The minimum atomic E-state index is -3.55. The molecule has 0 aliphatic carbocycles. The molecular formula is C11H21NO4S2. The number of sulfonamides is 1. The monoisotopic (exact) mass is 295 g/mol. The molecule has 1 aliphatic rings. The Labute approximate surface area is 113 Å². The van der Waals surface area contributed by atoms with Gasteiger partial charge in [-0.1, -0.05) is 20.8 Å². The van der Waals surface area contributed by atoms with Gasteiger partial charge in [0, 0.05) is 5.75 Å². The predicted molar refractivity (Wildman–Crippen MR) is 73.3 cm³/mol. The summed E-state index contributed by atoms with van der Waals surface area (Å²) in [6, 6.07) is 0. The summed E-state index contributed by atoms with van der Waals surface area (Å²) in [4.78, 5) is 11.3. The van der Waals surface area contributed by atoms with Crippen LogP contribution in [-0.2, 0) is 14.8 Å². The molecule has 1 aliphatic heterocycles. The van der Waals surface area contributed by atoms with Crippen LogP contribution < -0.4 is 4.72 Å². The van der Waals surface area contributed by atoms with Crippen LogP contribution >= 0.6 is 11.8 Å². The molecule has 7 heteroatoms. The van der Waals surface area contributed by atoms with E-state index in [-0.39, 0.29) is 11.2 Å². The zero-order chi connectivity index (χ0) is 14.0. The fourth-order valence-corrected chi connectivity index (χ4v) is 4.90. The quantitative estimate of drug-likeness (QED) is 0.799. The molecule has 1 fully saturated rings. The summed E-state index contributed by atoms with van der Waals surface area (Å²) in [7, 11) is -3.55. The highest BCUT2D eigenvalue weighted by Crippen LogP contribution is 2.29. The smallest absolute Gasteiger partial charge is 0.325 e. The van der Waals surface area contributed by atoms with Crippen LogP contribution in [0.15, 0.2) is 0 Å². The standard InChI is InChI=1S/C11H21NO4S2/c1-10(2,3)5-7-18(15,16)12-11(9(13)14)4-6-17-8-11/h12H,4-8H2,1-3H3,(H,13,14). The van der Waals surface area contributed by atoms with Crippen molar-refractivity contribution in [2.24, 2.45) is 5.41 Å². The summed E-state index contributed by atoms with van der Waals surface area (Å²) < 4.78 is 26.3. The van der Waals surface area contributed by atoms with Crippen LogP contribution in [0.25, 0.3) is 0 Å². The molecule has 0 bridgehead atoms. The van der Waals surface area contributed by atoms with E-state index in [0.717, 1.165) is 0 Å². The van der Waals surface area contributed by atoms with E-state index >= 15 is 0 Å². The topological polar surface area (TPSA) is 83.5 Å². The van der Waals surface area contributed by atoms with E-state index < -0.39 is 21.5 Å². The zero-order valence-electron chi connectivity index (χ0n) is 11.0. The molecule has 0 aromatic rings. The van der Waals surface area contributed by atoms with Crippen molar-refractivity contribution < 1.29 is 18.3 Å². The van der Waals surface area contributed by atoms with Gasteiger partial charge in [0.2, 0.25) is 10.0 Å². The molecule has 18 heavy (non-hydrogen) atoms. The Morgan fingerprint density at radius 1 is 1.44 bits per heavy atom. The summed E-state index contributed by atoms with van der Waals surface area (Å²) in [5.41, 5.74) is -1.39. The number of rotatable bonds is 5. The van der Waals surface area contributed by atoms with Crippen molar-refractivity contribution in [2.45, 2.75) is 39.2 Å². The van der Waals surface area contributed by atoms with Gasteiger partial charge in [-0.25, -0.2) is 8.42 Å². The lowest BCUT2D eigenvalue weighted by molar-refractivity contribution is -0.142. The lowest BCUT2D eigenvalue weighted by Gasteiger charge is -2.25. The Kier molecular flexibility index (Phi) is 4.72. The Bertz CT molecular complexity index is 405. The molecule has 1 atom stereocenters. The van der Waals surface area contributed by atoms with E-state index in [2.05, 4.69) is 4.72 Å². The molecule has 0 spiro atoms. The third kappa shape index (κ3) is 4.44. The van der Waals surface area contributed by atoms with Crippen LogP contribution in [0.3, 0.4) is 0 Å². The summed E-state index contributed by atoms with van der Waals surface area (Å²) in [6.07, 6.45) is 0.854. The second-order valence-electron chi connectivity index (χ2n) is 5.92. The van der Waals surface area contributed by atoms with Crippen molar-refractivity contribution >= 4 is 27.8 Å². The van der Waals surface area contributed by atoms with Gasteiger partial charge < -0.3 is 5.11 Å². The summed E-state index contributed by atoms with van der Waals surface area (Å²) >= 11 is 1.47. The highest BCUT2D eigenvalue weighted by Gasteiger charge is 2.45. The SMILES string of the molecule is CC(C)(C)CCS(=O)(=O)NC1(C(=O)O)CCSC1. The molecule has 0 aromatic heterocycles. The van der Waals surface area contributed by atoms with Crippen molar-refractivity contribution in [3.8, 4) is 0 Å². The summed E-state index contributed by atoms with van der Waals surface area (Å²) in [5.74, 6) is -0.131. The molecule has 1 saturated heterocycles. The largest absolute Gasteiger partial charge is 0.480 e. The molecule has 0 saturated carbocycles. The number of carbonyl (C=O) groups is 1. The Hall–Kier alpha value is -0.270. The number of carboxylic acid groups (broad SMARTS) is 1. The lowest BCUT2D eigenvalue weighted by atomic mass is 9.94. The predicted octanol–water partition coefficient (Wildman–Crippen LogP) is 1.30. The van der Waals surface area contributed by atoms with Gasteiger partial charge in [-0.3, -0.25) is 4.79 Å². The van der Waals surface area contributed by atoms with E-state index in [4.69, 9.17) is 0 Å². The van der Waals surface area contributed by atoms with E-state index in [1.807, 2.05) is 20.8 Å². The van der Waals surface area contributed by atoms with Gasteiger partial charge in [0.25, 0.3) is 0 Å². The van der Waals surface area contributed by atoms with E-state index in [1.54, 1.807) is 0 Å². The highest BCUT2D eigenvalue weighted by atomic mass is 32.2. The van der Waals surface area contributed by atoms with E-state index in [0.29, 0.717) is 24.3 Å². The first-order valence-electron chi connectivity index (χ1n) is 5.89. The first-order valence-corrected chi connectivity index (χ1v) is 8.70. The molecule has 106 valence electrons. The molecular weight excluding hydrogens is 274 g/mol. The fraction of sp³-hybridized carbons (Fsp3) is 0.909. The van der Waals surface area contributed by atoms with E-state index in [1.165, 1.54) is 11.8 Å². The Morgan fingerprint density at radius 3 is 2.44 bits per heavy atom. The van der Waals surface area contributed by atoms with Gasteiger partial charge in [-0.05, 0) is 24.0 Å². The fourth-order valence-electron chi connectivity index (χ4n) is 1.65. The van der Waals surface area contributed by atoms with Crippen molar-refractivity contribution in [3.05, 3.63) is 0 Å². The third-order valence-corrected chi connectivity index (χ3v) is 5.54. The van der Waals surface area contributed by atoms with Gasteiger partial charge >= 0.3 is 5.97 Å². The van der Waals surface area contributed by atoms with Crippen molar-refractivity contribution in [3.63, 3.8) is 0 Å². The molecule has 2 N–H and O–H groups in total. The first-order chi connectivity index (χ1) is 8.06. The minimum Gasteiger partial charge on any atom is -0.480 e. The third-order valence-electron chi connectivity index (χ3n) is 2.90. The zero-order valence-corrected chi connectivity index (χ0v) is 12.7. The second-order valence-corrected chi connectivity index (χ2v) is 8.87. The van der Waals surface area contributed by atoms with Gasteiger partial charge in [0.1, 0.15) is 5.54 Å². The van der Waals surface area contributed by atoms with Crippen molar-refractivity contribution in [1.82, 2.24) is 4.72 Å². The van der Waals surface area contributed by atoms with Gasteiger partial charge in [0.05, 0.1) is 5.75 Å². The Balaban J connectivity index is 2.72. The number of hydrogen-bond acceptors (Lipinski definition) is 4. The van der Waals surface area contributed by atoms with Crippen LogP contribution in [0, 0.1) is 5.41 Å². The molecule has 1 heterocycles. The maximum atomic E-state index is 12.0. The molecule has 0 amide bonds. The molecule has 5 nitrogen and oxygen atoms in total. The van der Waals surface area contributed by atoms with Gasteiger partial charge in [-0.15, -0.1) is 0 Å². The average Bonchev–Trinajstić information content (AvgIpc) is 2.63. The van der Waals surface area contributed by atoms with Crippen LogP contribution in [0.4, 0.5) is 0 Å². The Morgan fingerprint density at radius 2 is 2.06 bits per heavy atom. The second kappa shape index (κ2) is 5.38. The number of nitrogens with one attached hydrogen (secondary N) is 1. The maximum absolute atomic E-state index is 12.0. The minimum absolute atomic E-state index is 0.0316. The van der Waals surface area contributed by atoms with Crippen LogP contribution in [0.1, 0.15) is 33.6 Å². The summed E-state index contributed by atoms with van der Waals surface area (Å²) in [6.45, 7) is 5.88. The van der Waals surface area contributed by atoms with Gasteiger partial charge in [0.15, 0.2) is 0 Å². The highest BCUT2D eigenvalue weighted by molar-refractivity contribution is 7.99. The number of aliphatic carboxylic acids is 1. The van der Waals surface area contributed by atoms with E-state index in [9.17, 15) is 18.3 Å². The molecule has 0 radical (unpaired) electrons. The normalized spacial score (nSPS) is 25.3. The first kappa shape index (κ1) is 15.8. The van der Waals surface area contributed by atoms with Crippen molar-refractivity contribution in [2.75, 3.05) is 17.3 Å². The molecule has 1 unspecified atom stereocenters. The van der Waals surface area contributed by atoms with Crippen molar-refractivity contribution in [1.29, 1.82) is 0 Å².